The number of piperidine rings is 1. The van der Waals surface area contributed by atoms with Crippen LogP contribution < -0.4 is 10.6 Å². The summed E-state index contributed by atoms with van der Waals surface area (Å²) in [6.07, 6.45) is 3.41. The Morgan fingerprint density at radius 3 is 2.84 bits per heavy atom. The third-order valence-corrected chi connectivity index (χ3v) is 6.24. The molecule has 5 nitrogen and oxygen atoms in total. The lowest BCUT2D eigenvalue weighted by Gasteiger charge is -2.32. The molecule has 1 aliphatic rings. The fraction of sp³-hybridized carbons (Fsp3) is 0.278. The second-order valence-electron chi connectivity index (χ2n) is 6.22. The maximum absolute atomic E-state index is 11.6. The fourth-order valence-corrected chi connectivity index (χ4v) is 4.62. The second kappa shape index (κ2) is 6.72. The molecule has 1 amide bonds. The first-order chi connectivity index (χ1) is 12.1. The van der Waals surface area contributed by atoms with E-state index >= 15 is 0 Å². The number of anilines is 1. The van der Waals surface area contributed by atoms with Crippen LogP contribution in [0.4, 0.5) is 5.82 Å². The predicted molar refractivity (Wildman–Crippen MR) is 105 cm³/mol. The van der Waals surface area contributed by atoms with Crippen LogP contribution in [0.3, 0.4) is 0 Å². The lowest BCUT2D eigenvalue weighted by atomic mass is 9.97. The molecular weight excluding hydrogens is 400 g/mol. The number of rotatable bonds is 3. The molecule has 0 radical (unpaired) electrons. The molecule has 0 aliphatic carbocycles. The summed E-state index contributed by atoms with van der Waals surface area (Å²) < 4.78 is 2.12. The van der Waals surface area contributed by atoms with Crippen molar-refractivity contribution in [3.8, 4) is 10.4 Å². The first kappa shape index (κ1) is 16.5. The number of hydrogen-bond donors (Lipinski definition) is 1. The zero-order valence-electron chi connectivity index (χ0n) is 13.5. The number of fused-ring (bicyclic) bond motifs is 1. The van der Waals surface area contributed by atoms with Gasteiger partial charge in [0, 0.05) is 22.4 Å². The molecule has 1 aromatic carbocycles. The molecule has 2 aromatic heterocycles. The first-order valence-corrected chi connectivity index (χ1v) is 9.77. The van der Waals surface area contributed by atoms with Crippen LogP contribution in [0.25, 0.3) is 20.7 Å². The van der Waals surface area contributed by atoms with E-state index in [1.165, 1.54) is 0 Å². The number of halogens is 1. The highest BCUT2D eigenvalue weighted by Gasteiger charge is 2.26. The molecule has 25 heavy (non-hydrogen) atoms. The summed E-state index contributed by atoms with van der Waals surface area (Å²) in [7, 11) is 0. The Balaban J connectivity index is 1.72. The van der Waals surface area contributed by atoms with E-state index in [2.05, 4.69) is 49.0 Å². The number of nitrogens with zero attached hydrogens (tertiary/aromatic N) is 3. The fourth-order valence-electron chi connectivity index (χ4n) is 3.23. The highest BCUT2D eigenvalue weighted by atomic mass is 79.9. The minimum Gasteiger partial charge on any atom is -0.369 e. The molecular formula is C18H17BrN4OS. The van der Waals surface area contributed by atoms with Gasteiger partial charge >= 0.3 is 0 Å². The molecule has 0 unspecified atom stereocenters. The zero-order valence-corrected chi connectivity index (χ0v) is 15.9. The Labute approximate surface area is 158 Å². The monoisotopic (exact) mass is 416 g/mol. The quantitative estimate of drug-likeness (QED) is 0.703. The highest BCUT2D eigenvalue weighted by molar-refractivity contribution is 9.10. The molecule has 1 aliphatic heterocycles. The molecule has 3 heterocycles. The van der Waals surface area contributed by atoms with Crippen molar-refractivity contribution in [2.24, 2.45) is 11.7 Å². The van der Waals surface area contributed by atoms with Crippen molar-refractivity contribution in [2.45, 2.75) is 12.8 Å². The van der Waals surface area contributed by atoms with Gasteiger partial charge in [-0.15, -0.1) is 11.3 Å². The van der Waals surface area contributed by atoms with E-state index in [0.717, 1.165) is 50.3 Å². The van der Waals surface area contributed by atoms with Gasteiger partial charge in [0.25, 0.3) is 0 Å². The molecule has 0 spiro atoms. The molecule has 0 bridgehead atoms. The third-order valence-electron chi connectivity index (χ3n) is 4.54. The number of hydrogen-bond acceptors (Lipinski definition) is 5. The Bertz CT molecular complexity index is 924. The summed E-state index contributed by atoms with van der Waals surface area (Å²) in [6.45, 7) is 1.52. The van der Waals surface area contributed by atoms with E-state index in [1.54, 1.807) is 17.7 Å². The van der Waals surface area contributed by atoms with E-state index < -0.39 is 0 Å². The van der Waals surface area contributed by atoms with Gasteiger partial charge < -0.3 is 10.6 Å². The average molecular weight is 417 g/mol. The van der Waals surface area contributed by atoms with Gasteiger partial charge in [0.1, 0.15) is 12.1 Å². The zero-order chi connectivity index (χ0) is 17.4. The molecule has 0 saturated carbocycles. The number of benzene rings is 1. The number of aromatic nitrogens is 2. The van der Waals surface area contributed by atoms with E-state index in [9.17, 15) is 4.79 Å². The van der Waals surface area contributed by atoms with Gasteiger partial charge in [-0.05, 0) is 36.6 Å². The highest BCUT2D eigenvalue weighted by Crippen LogP contribution is 2.38. The number of carbonyl (C=O) groups is 1. The van der Waals surface area contributed by atoms with Gasteiger partial charge in [-0.3, -0.25) is 4.79 Å². The third kappa shape index (κ3) is 3.26. The van der Waals surface area contributed by atoms with Crippen molar-refractivity contribution in [2.75, 3.05) is 18.0 Å². The van der Waals surface area contributed by atoms with Gasteiger partial charge in [0.05, 0.1) is 16.1 Å². The number of nitrogens with two attached hydrogens (primary N) is 1. The summed E-state index contributed by atoms with van der Waals surface area (Å²) in [5.41, 5.74) is 7.61. The second-order valence-corrected chi connectivity index (χ2v) is 8.18. The lowest BCUT2D eigenvalue weighted by molar-refractivity contribution is -0.122. The Morgan fingerprint density at radius 2 is 2.08 bits per heavy atom. The standard InChI is InChI=1S/C18H17BrN4OS/c19-13-5-3-11(4-6-13)15-8-14-16(25-15)18(22-10-21-14)23-7-1-2-12(9-23)17(20)24/h3-6,8,10,12H,1-2,7,9H2,(H2,20,24)/t12-/m0/s1. The molecule has 1 saturated heterocycles. The van der Waals surface area contributed by atoms with Crippen LogP contribution >= 0.6 is 27.3 Å². The van der Waals surface area contributed by atoms with Crippen LogP contribution in [0.15, 0.2) is 41.1 Å². The van der Waals surface area contributed by atoms with Gasteiger partial charge in [-0.1, -0.05) is 28.1 Å². The predicted octanol–water partition coefficient (Wildman–Crippen LogP) is 3.82. The SMILES string of the molecule is NC(=O)[C@H]1CCCN(c2ncnc3cc(-c4ccc(Br)cc4)sc23)C1. The summed E-state index contributed by atoms with van der Waals surface area (Å²) in [5, 5.41) is 0. The van der Waals surface area contributed by atoms with Crippen LogP contribution in [0.2, 0.25) is 0 Å². The smallest absolute Gasteiger partial charge is 0.222 e. The van der Waals surface area contributed by atoms with Crippen molar-refractivity contribution in [1.29, 1.82) is 0 Å². The summed E-state index contributed by atoms with van der Waals surface area (Å²) in [5.74, 6) is 0.575. The molecule has 128 valence electrons. The van der Waals surface area contributed by atoms with Crippen LogP contribution in [0.5, 0.6) is 0 Å². The van der Waals surface area contributed by atoms with Gasteiger partial charge in [-0.25, -0.2) is 9.97 Å². The van der Waals surface area contributed by atoms with Crippen molar-refractivity contribution in [3.63, 3.8) is 0 Å². The van der Waals surface area contributed by atoms with Gasteiger partial charge in [0.15, 0.2) is 0 Å². The number of amides is 1. The normalized spacial score (nSPS) is 17.8. The number of primary amides is 1. The van der Waals surface area contributed by atoms with Crippen molar-refractivity contribution in [3.05, 3.63) is 41.1 Å². The van der Waals surface area contributed by atoms with Crippen molar-refractivity contribution in [1.82, 2.24) is 9.97 Å². The largest absolute Gasteiger partial charge is 0.369 e. The van der Waals surface area contributed by atoms with Crippen LogP contribution in [-0.4, -0.2) is 29.0 Å². The summed E-state index contributed by atoms with van der Waals surface area (Å²) in [4.78, 5) is 23.8. The van der Waals surface area contributed by atoms with Gasteiger partial charge in [0.2, 0.25) is 5.91 Å². The molecule has 7 heteroatoms. The van der Waals surface area contributed by atoms with E-state index in [-0.39, 0.29) is 11.8 Å². The molecule has 1 atom stereocenters. The lowest BCUT2D eigenvalue weighted by Crippen LogP contribution is -2.41. The Kier molecular flexibility index (Phi) is 4.43. The maximum atomic E-state index is 11.6. The van der Waals surface area contributed by atoms with Crippen molar-refractivity contribution >= 4 is 49.2 Å². The van der Waals surface area contributed by atoms with Crippen LogP contribution in [0, 0.1) is 5.92 Å². The van der Waals surface area contributed by atoms with Crippen LogP contribution in [-0.2, 0) is 4.79 Å². The first-order valence-electron chi connectivity index (χ1n) is 8.16. The summed E-state index contributed by atoms with van der Waals surface area (Å²) in [6, 6.07) is 10.4. The maximum Gasteiger partial charge on any atom is 0.222 e. The Morgan fingerprint density at radius 1 is 1.28 bits per heavy atom. The minimum atomic E-state index is -0.225. The summed E-state index contributed by atoms with van der Waals surface area (Å²) >= 11 is 5.16. The van der Waals surface area contributed by atoms with E-state index in [0.29, 0.717) is 6.54 Å². The number of carbonyl (C=O) groups excluding carboxylic acids is 1. The van der Waals surface area contributed by atoms with Crippen LogP contribution in [0.1, 0.15) is 12.8 Å². The topological polar surface area (TPSA) is 72.1 Å². The van der Waals surface area contributed by atoms with E-state index in [4.69, 9.17) is 5.73 Å². The molecule has 4 rings (SSSR count). The minimum absolute atomic E-state index is 0.107. The number of thiophene rings is 1. The van der Waals surface area contributed by atoms with E-state index in [1.807, 2.05) is 12.1 Å². The van der Waals surface area contributed by atoms with Crippen molar-refractivity contribution < 1.29 is 4.79 Å². The average Bonchev–Trinajstić information content (AvgIpc) is 3.06. The molecule has 3 aromatic rings. The Hall–Kier alpha value is -1.99. The molecule has 1 fully saturated rings. The molecule has 2 N–H and O–H groups in total. The van der Waals surface area contributed by atoms with Gasteiger partial charge in [-0.2, -0.15) is 0 Å².